The molecule has 2 N–H and O–H groups in total. The smallest absolute Gasteiger partial charge is 0.253 e. The van der Waals surface area contributed by atoms with Crippen LogP contribution in [0.5, 0.6) is 0 Å². The molecule has 0 atom stereocenters. The summed E-state index contributed by atoms with van der Waals surface area (Å²) in [6.07, 6.45) is 3.69. The Bertz CT molecular complexity index is 798. The van der Waals surface area contributed by atoms with E-state index in [1.807, 2.05) is 29.2 Å². The maximum absolute atomic E-state index is 12.7. The Kier molecular flexibility index (Phi) is 5.92. The molecule has 0 bridgehead atoms. The Hall–Kier alpha value is -2.39. The minimum atomic E-state index is 0.0523. The number of amides is 2. The predicted molar refractivity (Wildman–Crippen MR) is 106 cm³/mol. The number of aromatic nitrogens is 3. The first-order chi connectivity index (χ1) is 13.7. The molecule has 1 aliphatic heterocycles. The molecule has 9 heteroatoms. The lowest BCUT2D eigenvalue weighted by Crippen LogP contribution is -2.51. The number of hydrogen-bond acceptors (Lipinski definition) is 6. The van der Waals surface area contributed by atoms with Gasteiger partial charge in [0.2, 0.25) is 5.91 Å². The molecule has 8 nitrogen and oxygen atoms in total. The SMILES string of the molecule is O=C(CN1CCN(C(=O)c2ccc(CSc3ncn[nH]3)cc2)CC1)NC1CC1. The Morgan fingerprint density at radius 1 is 1.14 bits per heavy atom. The van der Waals surface area contributed by atoms with Gasteiger partial charge in [0.05, 0.1) is 6.54 Å². The van der Waals surface area contributed by atoms with E-state index >= 15 is 0 Å². The molecule has 1 aromatic heterocycles. The quantitative estimate of drug-likeness (QED) is 0.677. The van der Waals surface area contributed by atoms with Gasteiger partial charge in [0.25, 0.3) is 5.91 Å². The number of nitrogens with one attached hydrogen (secondary N) is 2. The zero-order chi connectivity index (χ0) is 19.3. The second-order valence-electron chi connectivity index (χ2n) is 7.19. The number of carbonyl (C=O) groups excluding carboxylic acids is 2. The summed E-state index contributed by atoms with van der Waals surface area (Å²) < 4.78 is 0. The van der Waals surface area contributed by atoms with Gasteiger partial charge in [-0.3, -0.25) is 19.6 Å². The summed E-state index contributed by atoms with van der Waals surface area (Å²) in [4.78, 5) is 32.7. The van der Waals surface area contributed by atoms with E-state index in [-0.39, 0.29) is 11.8 Å². The molecular weight excluding hydrogens is 376 g/mol. The molecule has 2 heterocycles. The zero-order valence-corrected chi connectivity index (χ0v) is 16.5. The summed E-state index contributed by atoms with van der Waals surface area (Å²) in [5.41, 5.74) is 1.83. The normalized spacial score (nSPS) is 17.5. The summed E-state index contributed by atoms with van der Waals surface area (Å²) in [5.74, 6) is 0.920. The van der Waals surface area contributed by atoms with Gasteiger partial charge in [-0.2, -0.15) is 5.10 Å². The van der Waals surface area contributed by atoms with E-state index in [1.54, 1.807) is 11.8 Å². The van der Waals surface area contributed by atoms with Crippen LogP contribution in [0.2, 0.25) is 0 Å². The fourth-order valence-electron chi connectivity index (χ4n) is 3.15. The van der Waals surface area contributed by atoms with Crippen LogP contribution >= 0.6 is 11.8 Å². The molecule has 2 aliphatic rings. The summed E-state index contributed by atoms with van der Waals surface area (Å²) in [6.45, 7) is 3.19. The third kappa shape index (κ3) is 5.11. The minimum absolute atomic E-state index is 0.0523. The van der Waals surface area contributed by atoms with E-state index < -0.39 is 0 Å². The van der Waals surface area contributed by atoms with Crippen molar-refractivity contribution in [2.24, 2.45) is 0 Å². The van der Waals surface area contributed by atoms with Crippen LogP contribution in [0.25, 0.3) is 0 Å². The van der Waals surface area contributed by atoms with Crippen molar-refractivity contribution in [2.45, 2.75) is 29.8 Å². The van der Waals surface area contributed by atoms with Gasteiger partial charge in [-0.15, -0.1) is 0 Å². The van der Waals surface area contributed by atoms with Gasteiger partial charge in [0.1, 0.15) is 6.33 Å². The number of carbonyl (C=O) groups is 2. The molecular formula is C19H24N6O2S. The van der Waals surface area contributed by atoms with Crippen molar-refractivity contribution in [3.8, 4) is 0 Å². The van der Waals surface area contributed by atoms with Gasteiger partial charge in [0, 0.05) is 43.5 Å². The van der Waals surface area contributed by atoms with E-state index in [0.717, 1.165) is 42.4 Å². The monoisotopic (exact) mass is 400 g/mol. The Labute approximate surface area is 168 Å². The number of piperazine rings is 1. The lowest BCUT2D eigenvalue weighted by molar-refractivity contribution is -0.122. The first-order valence-corrected chi connectivity index (χ1v) is 10.5. The number of hydrogen-bond donors (Lipinski definition) is 2. The van der Waals surface area contributed by atoms with Crippen LogP contribution in [0.1, 0.15) is 28.8 Å². The molecule has 2 fully saturated rings. The van der Waals surface area contributed by atoms with Crippen LogP contribution in [0.4, 0.5) is 0 Å². The highest BCUT2D eigenvalue weighted by molar-refractivity contribution is 7.98. The first-order valence-electron chi connectivity index (χ1n) is 9.55. The number of benzene rings is 1. The average molecular weight is 401 g/mol. The van der Waals surface area contributed by atoms with Gasteiger partial charge < -0.3 is 10.2 Å². The van der Waals surface area contributed by atoms with Crippen molar-refractivity contribution in [2.75, 3.05) is 32.7 Å². The van der Waals surface area contributed by atoms with E-state index in [9.17, 15) is 9.59 Å². The van der Waals surface area contributed by atoms with E-state index in [1.165, 1.54) is 6.33 Å². The number of aromatic amines is 1. The van der Waals surface area contributed by atoms with E-state index in [4.69, 9.17) is 0 Å². The molecule has 4 rings (SSSR count). The number of rotatable bonds is 7. The fraction of sp³-hybridized carbons (Fsp3) is 0.474. The highest BCUT2D eigenvalue weighted by atomic mass is 32.2. The molecule has 148 valence electrons. The highest BCUT2D eigenvalue weighted by Crippen LogP contribution is 2.20. The molecule has 1 saturated heterocycles. The number of H-pyrrole nitrogens is 1. The van der Waals surface area contributed by atoms with Crippen LogP contribution in [-0.2, 0) is 10.5 Å². The van der Waals surface area contributed by atoms with Crippen LogP contribution in [0.15, 0.2) is 35.7 Å². The number of nitrogens with zero attached hydrogens (tertiary/aromatic N) is 4. The zero-order valence-electron chi connectivity index (χ0n) is 15.6. The third-order valence-electron chi connectivity index (χ3n) is 4.94. The molecule has 1 aromatic carbocycles. The Morgan fingerprint density at radius 3 is 2.54 bits per heavy atom. The van der Waals surface area contributed by atoms with Gasteiger partial charge in [0.15, 0.2) is 5.16 Å². The third-order valence-corrected chi connectivity index (χ3v) is 5.89. The lowest BCUT2D eigenvalue weighted by Gasteiger charge is -2.34. The minimum Gasteiger partial charge on any atom is -0.352 e. The van der Waals surface area contributed by atoms with Gasteiger partial charge in [-0.05, 0) is 30.5 Å². The van der Waals surface area contributed by atoms with Gasteiger partial charge >= 0.3 is 0 Å². The fourth-order valence-corrected chi connectivity index (χ4v) is 3.89. The topological polar surface area (TPSA) is 94.2 Å². The Morgan fingerprint density at radius 2 is 1.89 bits per heavy atom. The van der Waals surface area contributed by atoms with Crippen molar-refractivity contribution in [3.05, 3.63) is 41.7 Å². The largest absolute Gasteiger partial charge is 0.352 e. The van der Waals surface area contributed by atoms with Crippen molar-refractivity contribution in [1.29, 1.82) is 0 Å². The molecule has 1 aliphatic carbocycles. The summed E-state index contributed by atoms with van der Waals surface area (Å²) in [5, 5.41) is 10.4. The van der Waals surface area contributed by atoms with Crippen LogP contribution in [0, 0.1) is 0 Å². The number of thioether (sulfide) groups is 1. The molecule has 0 spiro atoms. The second-order valence-corrected chi connectivity index (χ2v) is 8.15. The van der Waals surface area contributed by atoms with Crippen molar-refractivity contribution >= 4 is 23.6 Å². The Balaban J connectivity index is 1.23. The van der Waals surface area contributed by atoms with Crippen LogP contribution < -0.4 is 5.32 Å². The maximum atomic E-state index is 12.7. The van der Waals surface area contributed by atoms with Gasteiger partial charge in [-0.25, -0.2) is 4.98 Å². The standard InChI is InChI=1S/C19H24N6O2S/c26-17(22-16-5-6-16)11-24-7-9-25(10-8-24)18(27)15-3-1-14(2-4-15)12-28-19-20-13-21-23-19/h1-4,13,16H,5-12H2,(H,22,26)(H,20,21,23). The maximum Gasteiger partial charge on any atom is 0.253 e. The molecule has 0 unspecified atom stereocenters. The van der Waals surface area contributed by atoms with Crippen molar-refractivity contribution in [1.82, 2.24) is 30.3 Å². The van der Waals surface area contributed by atoms with Crippen LogP contribution in [-0.4, -0.2) is 75.6 Å². The molecule has 2 aromatic rings. The van der Waals surface area contributed by atoms with Crippen LogP contribution in [0.3, 0.4) is 0 Å². The highest BCUT2D eigenvalue weighted by Gasteiger charge is 2.26. The molecule has 0 radical (unpaired) electrons. The lowest BCUT2D eigenvalue weighted by atomic mass is 10.1. The summed E-state index contributed by atoms with van der Waals surface area (Å²) >= 11 is 1.57. The summed E-state index contributed by atoms with van der Waals surface area (Å²) in [6, 6.07) is 8.12. The van der Waals surface area contributed by atoms with Crippen molar-refractivity contribution in [3.63, 3.8) is 0 Å². The predicted octanol–water partition coefficient (Wildman–Crippen LogP) is 1.13. The average Bonchev–Trinajstić information content (AvgIpc) is 3.37. The van der Waals surface area contributed by atoms with E-state index in [0.29, 0.717) is 31.2 Å². The second kappa shape index (κ2) is 8.74. The molecule has 28 heavy (non-hydrogen) atoms. The van der Waals surface area contributed by atoms with E-state index in [2.05, 4.69) is 25.4 Å². The van der Waals surface area contributed by atoms with Gasteiger partial charge in [-0.1, -0.05) is 23.9 Å². The molecule has 2 amide bonds. The van der Waals surface area contributed by atoms with Crippen molar-refractivity contribution < 1.29 is 9.59 Å². The molecule has 1 saturated carbocycles. The first kappa shape index (κ1) is 18.9. The summed E-state index contributed by atoms with van der Waals surface area (Å²) in [7, 11) is 0.